The molecule has 0 amide bonds. The maximum Gasteiger partial charge on any atom is 0.0621 e. The molecule has 0 saturated carbocycles. The van der Waals surface area contributed by atoms with Crippen LogP contribution < -0.4 is 0 Å². The fourth-order valence-corrected chi connectivity index (χ4v) is 2.35. The Morgan fingerprint density at radius 2 is 2.07 bits per heavy atom. The predicted molar refractivity (Wildman–Crippen MR) is 62.6 cm³/mol. The lowest BCUT2D eigenvalue weighted by Crippen LogP contribution is -2.07. The van der Waals surface area contributed by atoms with Gasteiger partial charge in [-0.1, -0.05) is 18.2 Å². The third-order valence-electron chi connectivity index (χ3n) is 2.06. The van der Waals surface area contributed by atoms with Crippen molar-refractivity contribution in [1.29, 1.82) is 5.26 Å². The van der Waals surface area contributed by atoms with Crippen LogP contribution in [-0.2, 0) is 0 Å². The van der Waals surface area contributed by atoms with Gasteiger partial charge in [-0.2, -0.15) is 5.26 Å². The zero-order chi connectivity index (χ0) is 10.9. The summed E-state index contributed by atoms with van der Waals surface area (Å²) in [6.07, 6.45) is 2.33. The maximum atomic E-state index is 9.18. The molecule has 0 aliphatic carbocycles. The molecule has 15 heavy (non-hydrogen) atoms. The molecule has 2 nitrogen and oxygen atoms in total. The van der Waals surface area contributed by atoms with E-state index in [1.165, 1.54) is 4.90 Å². The molecule has 1 aromatic rings. The van der Waals surface area contributed by atoms with Crippen LogP contribution in [0.1, 0.15) is 19.3 Å². The van der Waals surface area contributed by atoms with Gasteiger partial charge in [0.25, 0.3) is 0 Å². The average molecular weight is 221 g/mol. The van der Waals surface area contributed by atoms with Crippen molar-refractivity contribution in [2.45, 2.75) is 29.4 Å². The summed E-state index contributed by atoms with van der Waals surface area (Å²) < 4.78 is 0. The minimum Gasteiger partial charge on any atom is -0.395 e. The lowest BCUT2D eigenvalue weighted by atomic mass is 10.2. The highest BCUT2D eigenvalue weighted by Crippen LogP contribution is 2.25. The number of aliphatic hydroxyl groups excluding tert-OH is 1. The van der Waals surface area contributed by atoms with Gasteiger partial charge in [0.05, 0.1) is 12.7 Å². The Bertz CT molecular complexity index is 307. The first-order chi connectivity index (χ1) is 7.36. The van der Waals surface area contributed by atoms with Gasteiger partial charge in [0.2, 0.25) is 0 Å². The van der Waals surface area contributed by atoms with Crippen molar-refractivity contribution in [2.24, 2.45) is 0 Å². The minimum atomic E-state index is 0.172. The van der Waals surface area contributed by atoms with Crippen LogP contribution in [0.4, 0.5) is 0 Å². The van der Waals surface area contributed by atoms with Gasteiger partial charge in [-0.15, -0.1) is 11.8 Å². The number of rotatable bonds is 6. The van der Waals surface area contributed by atoms with Crippen molar-refractivity contribution < 1.29 is 5.11 Å². The number of aliphatic hydroxyl groups is 1. The molecule has 1 rings (SSSR count). The topological polar surface area (TPSA) is 44.0 Å². The van der Waals surface area contributed by atoms with Crippen LogP contribution in [0.2, 0.25) is 0 Å². The molecule has 0 aliphatic heterocycles. The molecule has 3 heteroatoms. The normalized spacial score (nSPS) is 12.0. The first-order valence-corrected chi connectivity index (χ1v) is 5.94. The smallest absolute Gasteiger partial charge is 0.0621 e. The van der Waals surface area contributed by atoms with Crippen LogP contribution in [0.5, 0.6) is 0 Å². The molecule has 0 aromatic heterocycles. The molecule has 0 radical (unpaired) electrons. The second kappa shape index (κ2) is 7.33. The van der Waals surface area contributed by atoms with Gasteiger partial charge in [-0.25, -0.2) is 0 Å². The summed E-state index contributed by atoms with van der Waals surface area (Å²) in [5.41, 5.74) is 0. The van der Waals surface area contributed by atoms with E-state index in [0.29, 0.717) is 6.42 Å². The molecule has 0 heterocycles. The van der Waals surface area contributed by atoms with E-state index in [9.17, 15) is 5.11 Å². The second-order valence-electron chi connectivity index (χ2n) is 3.29. The average Bonchev–Trinajstić information content (AvgIpc) is 2.29. The lowest BCUT2D eigenvalue weighted by molar-refractivity contribution is 0.289. The molecule has 1 unspecified atom stereocenters. The van der Waals surface area contributed by atoms with E-state index in [4.69, 9.17) is 5.26 Å². The van der Waals surface area contributed by atoms with Crippen LogP contribution in [-0.4, -0.2) is 17.0 Å². The number of nitriles is 1. The Kier molecular flexibility index (Phi) is 5.91. The molecule has 0 spiro atoms. The van der Waals surface area contributed by atoms with E-state index in [-0.39, 0.29) is 11.9 Å². The van der Waals surface area contributed by atoms with E-state index in [1.54, 1.807) is 11.8 Å². The monoisotopic (exact) mass is 221 g/mol. The number of hydrogen-bond donors (Lipinski definition) is 1. The third kappa shape index (κ3) is 4.87. The Hall–Kier alpha value is -0.980. The Morgan fingerprint density at radius 1 is 1.33 bits per heavy atom. The maximum absolute atomic E-state index is 9.18. The summed E-state index contributed by atoms with van der Waals surface area (Å²) in [5.74, 6) is 0. The molecule has 0 aliphatic rings. The fourth-order valence-electron chi connectivity index (χ4n) is 1.29. The Labute approximate surface area is 94.9 Å². The zero-order valence-corrected chi connectivity index (χ0v) is 9.41. The first kappa shape index (κ1) is 12.1. The summed E-state index contributed by atoms with van der Waals surface area (Å²) in [5, 5.41) is 17.8. The quantitative estimate of drug-likeness (QED) is 0.593. The van der Waals surface area contributed by atoms with E-state index < -0.39 is 0 Å². The second-order valence-corrected chi connectivity index (χ2v) is 4.66. The van der Waals surface area contributed by atoms with E-state index in [0.717, 1.165) is 12.8 Å². The van der Waals surface area contributed by atoms with Crippen LogP contribution >= 0.6 is 11.8 Å². The number of unbranched alkanes of at least 4 members (excludes halogenated alkanes) is 1. The van der Waals surface area contributed by atoms with Crippen molar-refractivity contribution in [2.75, 3.05) is 6.61 Å². The van der Waals surface area contributed by atoms with Gasteiger partial charge in [0.15, 0.2) is 0 Å². The Balaban J connectivity index is 2.37. The molecule has 1 aromatic carbocycles. The highest BCUT2D eigenvalue weighted by atomic mass is 32.2. The molecule has 0 bridgehead atoms. The van der Waals surface area contributed by atoms with Gasteiger partial charge in [-0.3, -0.25) is 0 Å². The van der Waals surface area contributed by atoms with Crippen molar-refractivity contribution in [3.05, 3.63) is 30.3 Å². The molecule has 0 fully saturated rings. The third-order valence-corrected chi connectivity index (χ3v) is 3.33. The number of nitrogens with zero attached hydrogens (tertiary/aromatic N) is 1. The van der Waals surface area contributed by atoms with Gasteiger partial charge in [-0.05, 0) is 25.0 Å². The SMILES string of the molecule is N#CCCCC(CO)Sc1ccccc1. The van der Waals surface area contributed by atoms with Crippen molar-refractivity contribution in [1.82, 2.24) is 0 Å². The van der Waals surface area contributed by atoms with Crippen LogP contribution in [0.3, 0.4) is 0 Å². The number of benzene rings is 1. The van der Waals surface area contributed by atoms with Gasteiger partial charge in [0.1, 0.15) is 0 Å². The number of hydrogen-bond acceptors (Lipinski definition) is 3. The van der Waals surface area contributed by atoms with Crippen LogP contribution in [0, 0.1) is 11.3 Å². The predicted octanol–water partition coefficient (Wildman–Crippen LogP) is 2.83. The molecule has 1 N–H and O–H groups in total. The van der Waals surface area contributed by atoms with E-state index in [2.05, 4.69) is 6.07 Å². The minimum absolute atomic E-state index is 0.172. The molecule has 0 saturated heterocycles. The number of thioether (sulfide) groups is 1. The summed E-state index contributed by atoms with van der Waals surface area (Å²) in [4.78, 5) is 1.17. The molecule has 1 atom stereocenters. The highest BCUT2D eigenvalue weighted by molar-refractivity contribution is 8.00. The molecular weight excluding hydrogens is 206 g/mol. The molecule has 80 valence electrons. The van der Waals surface area contributed by atoms with Crippen molar-refractivity contribution in [3.8, 4) is 6.07 Å². The standard InChI is InChI=1S/C12H15NOS/c13-9-5-4-8-12(10-14)15-11-6-2-1-3-7-11/h1-3,6-7,12,14H,4-5,8,10H2. The Morgan fingerprint density at radius 3 is 2.67 bits per heavy atom. The highest BCUT2D eigenvalue weighted by Gasteiger charge is 2.08. The van der Waals surface area contributed by atoms with Gasteiger partial charge < -0.3 is 5.11 Å². The first-order valence-electron chi connectivity index (χ1n) is 5.06. The van der Waals surface area contributed by atoms with Gasteiger partial charge >= 0.3 is 0 Å². The zero-order valence-electron chi connectivity index (χ0n) is 8.60. The largest absolute Gasteiger partial charge is 0.395 e. The van der Waals surface area contributed by atoms with E-state index in [1.807, 2.05) is 30.3 Å². The van der Waals surface area contributed by atoms with Crippen molar-refractivity contribution >= 4 is 11.8 Å². The summed E-state index contributed by atoms with van der Waals surface area (Å²) in [6.45, 7) is 0.172. The van der Waals surface area contributed by atoms with Crippen LogP contribution in [0.15, 0.2) is 35.2 Å². The lowest BCUT2D eigenvalue weighted by Gasteiger charge is -2.12. The van der Waals surface area contributed by atoms with Crippen molar-refractivity contribution in [3.63, 3.8) is 0 Å². The summed E-state index contributed by atoms with van der Waals surface area (Å²) in [6, 6.07) is 12.2. The van der Waals surface area contributed by atoms with Crippen LogP contribution in [0.25, 0.3) is 0 Å². The van der Waals surface area contributed by atoms with E-state index >= 15 is 0 Å². The molecular formula is C12H15NOS. The summed E-state index contributed by atoms with van der Waals surface area (Å²) >= 11 is 1.68. The summed E-state index contributed by atoms with van der Waals surface area (Å²) in [7, 11) is 0. The van der Waals surface area contributed by atoms with Gasteiger partial charge in [0, 0.05) is 16.6 Å². The fraction of sp³-hybridized carbons (Fsp3) is 0.417.